The Bertz CT molecular complexity index is 718. The monoisotopic (exact) mass is 335 g/mol. The van der Waals surface area contributed by atoms with E-state index in [0.29, 0.717) is 17.4 Å². The van der Waals surface area contributed by atoms with Gasteiger partial charge in [0.05, 0.1) is 4.90 Å². The lowest BCUT2D eigenvalue weighted by Crippen LogP contribution is -2.32. The third-order valence-corrected chi connectivity index (χ3v) is 6.49. The first-order chi connectivity index (χ1) is 11.0. The number of likely N-dealkylation sites (tertiary alicyclic amines) is 1. The Morgan fingerprint density at radius 3 is 2.52 bits per heavy atom. The first-order valence-electron chi connectivity index (χ1n) is 8.15. The second-order valence-electron chi connectivity index (χ2n) is 6.81. The van der Waals surface area contributed by atoms with Crippen LogP contribution in [0.5, 0.6) is 0 Å². The maximum Gasteiger partial charge on any atom is 0.253 e. The fraction of sp³-hybridized carbons (Fsp3) is 0.562. The molecule has 2 atom stereocenters. The molecule has 2 heterocycles. The molecule has 1 saturated carbocycles. The molecule has 23 heavy (non-hydrogen) atoms. The van der Waals surface area contributed by atoms with Crippen molar-refractivity contribution in [3.8, 4) is 0 Å². The minimum Gasteiger partial charge on any atom is -0.338 e. The molecule has 0 bridgehead atoms. The Hall–Kier alpha value is -1.44. The number of hydrogen-bond acceptors (Lipinski definition) is 4. The first kappa shape index (κ1) is 15.1. The summed E-state index contributed by atoms with van der Waals surface area (Å²) < 4.78 is 27.2. The first-order valence-corrected chi connectivity index (χ1v) is 9.63. The molecular formula is C16H21N3O3S. The molecule has 1 amide bonds. The van der Waals surface area contributed by atoms with Gasteiger partial charge in [0, 0.05) is 37.8 Å². The highest BCUT2D eigenvalue weighted by molar-refractivity contribution is 7.89. The number of rotatable bonds is 4. The van der Waals surface area contributed by atoms with Gasteiger partial charge in [0.1, 0.15) is 0 Å². The highest BCUT2D eigenvalue weighted by Crippen LogP contribution is 2.28. The number of hydrogen-bond donors (Lipinski definition) is 2. The van der Waals surface area contributed by atoms with Gasteiger partial charge in [-0.1, -0.05) is 6.07 Å². The average molecular weight is 335 g/mol. The predicted molar refractivity (Wildman–Crippen MR) is 85.5 cm³/mol. The molecule has 2 saturated heterocycles. The lowest BCUT2D eigenvalue weighted by molar-refractivity contribution is 0.0781. The number of sulfonamides is 1. The molecule has 2 N–H and O–H groups in total. The van der Waals surface area contributed by atoms with E-state index in [9.17, 15) is 13.2 Å². The van der Waals surface area contributed by atoms with Crippen molar-refractivity contribution >= 4 is 15.9 Å². The van der Waals surface area contributed by atoms with Crippen molar-refractivity contribution in [1.82, 2.24) is 14.9 Å². The quantitative estimate of drug-likeness (QED) is 0.836. The van der Waals surface area contributed by atoms with Crippen molar-refractivity contribution in [3.05, 3.63) is 29.8 Å². The van der Waals surface area contributed by atoms with Crippen LogP contribution < -0.4 is 10.0 Å². The van der Waals surface area contributed by atoms with Crippen LogP contribution in [0.4, 0.5) is 0 Å². The summed E-state index contributed by atoms with van der Waals surface area (Å²) in [4.78, 5) is 14.7. The van der Waals surface area contributed by atoms with Gasteiger partial charge in [0.15, 0.2) is 0 Å². The van der Waals surface area contributed by atoms with Gasteiger partial charge in [-0.05, 0) is 42.9 Å². The zero-order chi connectivity index (χ0) is 16.0. The average Bonchev–Trinajstić information content (AvgIpc) is 3.07. The second kappa shape index (κ2) is 5.58. The number of fused-ring (bicyclic) bond motifs is 1. The zero-order valence-corrected chi connectivity index (χ0v) is 13.7. The van der Waals surface area contributed by atoms with Crippen molar-refractivity contribution < 1.29 is 13.2 Å². The van der Waals surface area contributed by atoms with Crippen molar-refractivity contribution in [2.24, 2.45) is 11.8 Å². The van der Waals surface area contributed by atoms with E-state index in [-0.39, 0.29) is 16.8 Å². The van der Waals surface area contributed by atoms with Crippen LogP contribution in [-0.2, 0) is 10.0 Å². The normalized spacial score (nSPS) is 27.2. The molecule has 4 rings (SSSR count). The molecular weight excluding hydrogens is 314 g/mol. The lowest BCUT2D eigenvalue weighted by Gasteiger charge is -2.18. The van der Waals surface area contributed by atoms with Crippen LogP contribution >= 0.6 is 0 Å². The summed E-state index contributed by atoms with van der Waals surface area (Å²) in [5, 5.41) is 3.35. The molecule has 6 nitrogen and oxygen atoms in total. The fourth-order valence-electron chi connectivity index (χ4n) is 3.49. The maximum absolute atomic E-state index is 12.7. The van der Waals surface area contributed by atoms with E-state index >= 15 is 0 Å². The summed E-state index contributed by atoms with van der Waals surface area (Å²) in [6.07, 6.45) is 1.78. The summed E-state index contributed by atoms with van der Waals surface area (Å²) in [5.41, 5.74) is 0.455. The molecule has 1 aromatic rings. The topological polar surface area (TPSA) is 78.5 Å². The third kappa shape index (κ3) is 3.00. The number of carbonyl (C=O) groups is 1. The number of carbonyl (C=O) groups excluding carboxylic acids is 1. The van der Waals surface area contributed by atoms with E-state index < -0.39 is 10.0 Å². The molecule has 124 valence electrons. The van der Waals surface area contributed by atoms with Gasteiger partial charge in [-0.15, -0.1) is 0 Å². The molecule has 3 fully saturated rings. The van der Waals surface area contributed by atoms with E-state index in [1.807, 2.05) is 4.90 Å². The molecule has 0 aromatic heterocycles. The number of nitrogens with one attached hydrogen (secondary N) is 2. The minimum absolute atomic E-state index is 0.0600. The summed E-state index contributed by atoms with van der Waals surface area (Å²) in [5.74, 6) is 0.993. The van der Waals surface area contributed by atoms with Crippen molar-refractivity contribution in [1.29, 1.82) is 0 Å². The van der Waals surface area contributed by atoms with Gasteiger partial charge in [-0.2, -0.15) is 0 Å². The van der Waals surface area contributed by atoms with Gasteiger partial charge >= 0.3 is 0 Å². The van der Waals surface area contributed by atoms with Gasteiger partial charge in [0.25, 0.3) is 5.91 Å². The Balaban J connectivity index is 1.52. The van der Waals surface area contributed by atoms with Crippen molar-refractivity contribution in [2.75, 3.05) is 26.2 Å². The highest BCUT2D eigenvalue weighted by Gasteiger charge is 2.38. The van der Waals surface area contributed by atoms with Crippen LogP contribution in [0.3, 0.4) is 0 Å². The Morgan fingerprint density at radius 2 is 1.87 bits per heavy atom. The van der Waals surface area contributed by atoms with Crippen molar-refractivity contribution in [3.63, 3.8) is 0 Å². The molecule has 7 heteroatoms. The number of amides is 1. The van der Waals surface area contributed by atoms with Gasteiger partial charge in [-0.25, -0.2) is 13.1 Å². The molecule has 2 aliphatic heterocycles. The van der Waals surface area contributed by atoms with Gasteiger partial charge in [-0.3, -0.25) is 4.79 Å². The van der Waals surface area contributed by atoms with Crippen LogP contribution in [0, 0.1) is 11.8 Å². The Morgan fingerprint density at radius 1 is 1.17 bits per heavy atom. The third-order valence-electron chi connectivity index (χ3n) is 4.97. The van der Waals surface area contributed by atoms with Crippen LogP contribution in [0.15, 0.2) is 29.2 Å². The van der Waals surface area contributed by atoms with Crippen LogP contribution in [0.25, 0.3) is 0 Å². The minimum atomic E-state index is -3.52. The molecule has 1 aliphatic carbocycles. The van der Waals surface area contributed by atoms with Crippen molar-refractivity contribution in [2.45, 2.75) is 23.8 Å². The molecule has 0 unspecified atom stereocenters. The highest BCUT2D eigenvalue weighted by atomic mass is 32.2. The van der Waals surface area contributed by atoms with E-state index in [4.69, 9.17) is 0 Å². The summed E-state index contributed by atoms with van der Waals surface area (Å²) in [7, 11) is -3.52. The molecule has 0 spiro atoms. The Kier molecular flexibility index (Phi) is 3.66. The van der Waals surface area contributed by atoms with E-state index in [1.165, 1.54) is 6.07 Å². The zero-order valence-electron chi connectivity index (χ0n) is 12.9. The molecule has 3 aliphatic rings. The Labute approximate surface area is 136 Å². The van der Waals surface area contributed by atoms with Crippen LogP contribution in [0.1, 0.15) is 23.2 Å². The summed E-state index contributed by atoms with van der Waals surface area (Å²) >= 11 is 0. The van der Waals surface area contributed by atoms with E-state index in [2.05, 4.69) is 10.0 Å². The number of benzene rings is 1. The van der Waals surface area contributed by atoms with Gasteiger partial charge < -0.3 is 10.2 Å². The lowest BCUT2D eigenvalue weighted by atomic mass is 10.0. The maximum atomic E-state index is 12.7. The van der Waals surface area contributed by atoms with Gasteiger partial charge in [0.2, 0.25) is 10.0 Å². The SMILES string of the molecule is O=C(c1cccc(S(=O)(=O)NC2CC2)c1)N1C[C@H]2CNC[C@H]2C1. The molecule has 0 radical (unpaired) electrons. The predicted octanol–water partition coefficient (Wildman–Crippen LogP) is 0.419. The van der Waals surface area contributed by atoms with Crippen LogP contribution in [0.2, 0.25) is 0 Å². The molecule has 1 aromatic carbocycles. The van der Waals surface area contributed by atoms with Crippen LogP contribution in [-0.4, -0.2) is 51.4 Å². The van der Waals surface area contributed by atoms with E-state index in [0.717, 1.165) is 39.0 Å². The smallest absolute Gasteiger partial charge is 0.253 e. The second-order valence-corrected chi connectivity index (χ2v) is 8.53. The fourth-order valence-corrected chi connectivity index (χ4v) is 4.84. The summed E-state index contributed by atoms with van der Waals surface area (Å²) in [6, 6.07) is 6.45. The summed E-state index contributed by atoms with van der Waals surface area (Å²) in [6.45, 7) is 3.45. The number of nitrogens with zero attached hydrogens (tertiary/aromatic N) is 1. The standard InChI is InChI=1S/C16H21N3O3S/c20-16(19-9-12-7-17-8-13(12)10-19)11-2-1-3-15(6-11)23(21,22)18-14-4-5-14/h1-3,6,12-14,17-18H,4-5,7-10H2/t12-,13+. The largest absolute Gasteiger partial charge is 0.338 e. The van der Waals surface area contributed by atoms with E-state index in [1.54, 1.807) is 18.2 Å².